The molecule has 2 aliphatic heterocycles. The van der Waals surface area contributed by atoms with Gasteiger partial charge in [0.05, 0.1) is 11.7 Å². The van der Waals surface area contributed by atoms with Crippen LogP contribution in [-0.2, 0) is 19.6 Å². The van der Waals surface area contributed by atoms with Gasteiger partial charge in [-0.3, -0.25) is 9.59 Å². The molecule has 27 heavy (non-hydrogen) atoms. The van der Waals surface area contributed by atoms with Crippen molar-refractivity contribution >= 4 is 21.8 Å². The summed E-state index contributed by atoms with van der Waals surface area (Å²) in [5.41, 5.74) is -0.624. The Labute approximate surface area is 162 Å². The SMILES string of the molecule is CN(C)C(=O)[C@@]12CCC3(CCN(C(=O)C4CC4)CC3)[C@@H]1CN(S(C)(=O)=O)C2. The molecule has 4 fully saturated rings. The Hall–Kier alpha value is -1.15. The maximum atomic E-state index is 13.2. The number of hydrogen-bond donors (Lipinski definition) is 0. The molecule has 0 N–H and O–H groups in total. The van der Waals surface area contributed by atoms with Crippen molar-refractivity contribution in [2.45, 2.75) is 38.5 Å². The van der Waals surface area contributed by atoms with E-state index in [9.17, 15) is 18.0 Å². The van der Waals surface area contributed by atoms with E-state index in [-0.39, 0.29) is 23.2 Å². The highest BCUT2D eigenvalue weighted by molar-refractivity contribution is 7.88. The molecule has 0 aromatic heterocycles. The normalized spacial score (nSPS) is 33.3. The Kier molecular flexibility index (Phi) is 4.39. The van der Waals surface area contributed by atoms with Gasteiger partial charge in [-0.1, -0.05) is 0 Å². The zero-order valence-corrected chi connectivity index (χ0v) is 17.4. The minimum Gasteiger partial charge on any atom is -0.348 e. The van der Waals surface area contributed by atoms with Crippen LogP contribution in [-0.4, -0.2) is 80.9 Å². The van der Waals surface area contributed by atoms with Crippen LogP contribution >= 0.6 is 0 Å². The van der Waals surface area contributed by atoms with Gasteiger partial charge in [-0.05, 0) is 49.9 Å². The van der Waals surface area contributed by atoms with E-state index >= 15 is 0 Å². The minimum atomic E-state index is -3.33. The van der Waals surface area contributed by atoms with Gasteiger partial charge >= 0.3 is 0 Å². The third kappa shape index (κ3) is 2.99. The summed E-state index contributed by atoms with van der Waals surface area (Å²) in [5.74, 6) is 0.645. The van der Waals surface area contributed by atoms with Crippen LogP contribution in [0.25, 0.3) is 0 Å². The lowest BCUT2D eigenvalue weighted by Crippen LogP contribution is -2.49. The third-order valence-electron chi connectivity index (χ3n) is 7.62. The first-order valence-electron chi connectivity index (χ1n) is 10.0. The Morgan fingerprint density at radius 2 is 1.67 bits per heavy atom. The first kappa shape index (κ1) is 19.2. The molecule has 0 aromatic rings. The average molecular weight is 398 g/mol. The Morgan fingerprint density at radius 1 is 1.04 bits per heavy atom. The fraction of sp³-hybridized carbons (Fsp3) is 0.895. The number of rotatable bonds is 3. The molecule has 7 nitrogen and oxygen atoms in total. The number of carbonyl (C=O) groups excluding carboxylic acids is 2. The van der Waals surface area contributed by atoms with E-state index in [4.69, 9.17) is 0 Å². The summed E-state index contributed by atoms with van der Waals surface area (Å²) in [6, 6.07) is 0. The van der Waals surface area contributed by atoms with E-state index < -0.39 is 15.4 Å². The summed E-state index contributed by atoms with van der Waals surface area (Å²) in [6.07, 6.45) is 6.76. The molecule has 2 amide bonds. The van der Waals surface area contributed by atoms with Gasteiger partial charge in [-0.15, -0.1) is 0 Å². The van der Waals surface area contributed by atoms with Crippen molar-refractivity contribution in [1.82, 2.24) is 14.1 Å². The maximum absolute atomic E-state index is 13.2. The fourth-order valence-electron chi connectivity index (χ4n) is 5.93. The molecule has 2 heterocycles. The lowest BCUT2D eigenvalue weighted by atomic mass is 9.65. The molecule has 2 atom stereocenters. The number of piperidine rings is 1. The highest BCUT2D eigenvalue weighted by atomic mass is 32.2. The van der Waals surface area contributed by atoms with Gasteiger partial charge in [0.1, 0.15) is 0 Å². The maximum Gasteiger partial charge on any atom is 0.229 e. The van der Waals surface area contributed by atoms with Crippen LogP contribution in [0.4, 0.5) is 0 Å². The summed E-state index contributed by atoms with van der Waals surface area (Å²) in [7, 11) is 0.200. The Morgan fingerprint density at radius 3 is 2.19 bits per heavy atom. The van der Waals surface area contributed by atoms with Crippen LogP contribution in [0.5, 0.6) is 0 Å². The first-order valence-corrected chi connectivity index (χ1v) is 11.9. The van der Waals surface area contributed by atoms with Crippen LogP contribution in [0, 0.1) is 22.7 Å². The topological polar surface area (TPSA) is 78.0 Å². The van der Waals surface area contributed by atoms with E-state index in [1.165, 1.54) is 10.6 Å². The molecule has 0 unspecified atom stereocenters. The second-order valence-corrected chi connectivity index (χ2v) is 11.4. The van der Waals surface area contributed by atoms with Crippen LogP contribution in [0.2, 0.25) is 0 Å². The Bertz CT molecular complexity index is 753. The molecule has 2 aliphatic carbocycles. The predicted molar refractivity (Wildman–Crippen MR) is 101 cm³/mol. The predicted octanol–water partition coefficient (Wildman–Crippen LogP) is 0.765. The summed E-state index contributed by atoms with van der Waals surface area (Å²) in [6.45, 7) is 2.24. The molecule has 4 rings (SSSR count). The molecule has 4 aliphatic rings. The van der Waals surface area contributed by atoms with Gasteiger partial charge < -0.3 is 9.80 Å². The number of carbonyl (C=O) groups is 2. The van der Waals surface area contributed by atoms with Crippen molar-refractivity contribution in [1.29, 1.82) is 0 Å². The standard InChI is InChI=1S/C19H31N3O4S/c1-20(2)17(24)19-7-6-18(15(19)12-22(13-19)27(3,25)26)8-10-21(11-9-18)16(23)14-4-5-14/h14-15H,4-13H2,1-3H3/t15-,19+/m0/s1. The number of amides is 2. The number of likely N-dealkylation sites (tertiary alicyclic amines) is 1. The summed E-state index contributed by atoms with van der Waals surface area (Å²) in [4.78, 5) is 29.2. The average Bonchev–Trinajstić information content (AvgIpc) is 3.31. The van der Waals surface area contributed by atoms with Crippen molar-refractivity contribution in [3.05, 3.63) is 0 Å². The van der Waals surface area contributed by atoms with Gasteiger partial charge in [0.25, 0.3) is 0 Å². The second kappa shape index (κ2) is 6.17. The number of fused-ring (bicyclic) bond motifs is 2. The van der Waals surface area contributed by atoms with Gasteiger partial charge in [-0.25, -0.2) is 12.7 Å². The minimum absolute atomic E-state index is 0.0224. The smallest absolute Gasteiger partial charge is 0.229 e. The van der Waals surface area contributed by atoms with Gasteiger partial charge in [0.15, 0.2) is 0 Å². The lowest BCUT2D eigenvalue weighted by molar-refractivity contribution is -0.142. The monoisotopic (exact) mass is 397 g/mol. The van der Waals surface area contributed by atoms with Crippen LogP contribution < -0.4 is 0 Å². The van der Waals surface area contributed by atoms with E-state index in [1.807, 2.05) is 4.90 Å². The highest BCUT2D eigenvalue weighted by Crippen LogP contribution is 2.62. The Balaban J connectivity index is 1.59. The number of hydrogen-bond acceptors (Lipinski definition) is 4. The summed E-state index contributed by atoms with van der Waals surface area (Å²) in [5, 5.41) is 0. The molecule has 0 bridgehead atoms. The highest BCUT2D eigenvalue weighted by Gasteiger charge is 2.65. The molecule has 8 heteroatoms. The van der Waals surface area contributed by atoms with Crippen molar-refractivity contribution in [3.63, 3.8) is 0 Å². The van der Waals surface area contributed by atoms with Gasteiger partial charge in [0.2, 0.25) is 21.8 Å². The van der Waals surface area contributed by atoms with E-state index in [0.717, 1.165) is 51.6 Å². The van der Waals surface area contributed by atoms with E-state index in [1.54, 1.807) is 19.0 Å². The van der Waals surface area contributed by atoms with Gasteiger partial charge in [0, 0.05) is 46.2 Å². The zero-order valence-electron chi connectivity index (χ0n) is 16.6. The van der Waals surface area contributed by atoms with Crippen LogP contribution in [0.1, 0.15) is 38.5 Å². The molecule has 2 saturated heterocycles. The zero-order chi connectivity index (χ0) is 19.6. The summed E-state index contributed by atoms with van der Waals surface area (Å²) >= 11 is 0. The fourth-order valence-corrected chi connectivity index (χ4v) is 6.81. The molecular weight excluding hydrogens is 366 g/mol. The third-order valence-corrected chi connectivity index (χ3v) is 8.83. The second-order valence-electron chi connectivity index (χ2n) is 9.43. The van der Waals surface area contributed by atoms with Crippen molar-refractivity contribution in [2.24, 2.45) is 22.7 Å². The summed E-state index contributed by atoms with van der Waals surface area (Å²) < 4.78 is 26.0. The number of sulfonamides is 1. The number of nitrogens with zero attached hydrogens (tertiary/aromatic N) is 3. The molecule has 2 saturated carbocycles. The van der Waals surface area contributed by atoms with Crippen molar-refractivity contribution in [3.8, 4) is 0 Å². The largest absolute Gasteiger partial charge is 0.348 e. The van der Waals surface area contributed by atoms with Crippen LogP contribution in [0.15, 0.2) is 0 Å². The van der Waals surface area contributed by atoms with Gasteiger partial charge in [-0.2, -0.15) is 0 Å². The molecular formula is C19H31N3O4S. The van der Waals surface area contributed by atoms with Crippen molar-refractivity contribution in [2.75, 3.05) is 46.5 Å². The molecule has 0 radical (unpaired) electrons. The lowest BCUT2D eigenvalue weighted by Gasteiger charge is -2.44. The quantitative estimate of drug-likeness (QED) is 0.705. The van der Waals surface area contributed by atoms with E-state index in [2.05, 4.69) is 0 Å². The molecule has 0 aromatic carbocycles. The van der Waals surface area contributed by atoms with Crippen LogP contribution in [0.3, 0.4) is 0 Å². The van der Waals surface area contributed by atoms with Crippen molar-refractivity contribution < 1.29 is 18.0 Å². The first-order chi connectivity index (χ1) is 12.6. The molecule has 152 valence electrons. The molecule has 1 spiro atoms. The van der Waals surface area contributed by atoms with E-state index in [0.29, 0.717) is 19.0 Å².